The average Bonchev–Trinajstić information content (AvgIpc) is 3.81. The standard InChI is InChI=1S/C66H45NO/c1-65(2)57-25-12-10-23-53(57)55-35-29-46(40-61(55)65)42-27-33-49(34-28-42)67(48-18-4-3-5-19-48)50-20-14-17-45(39-50)47-30-36-56-54-24-11-13-26-58(54)66(62(56)41-47)59-37-31-43-15-6-8-21-51(43)63(59)68-64-52-22-9-7-16-44(52)32-38-60(64)66/h3-41H,1-2H3. The quantitative estimate of drug-likeness (QED) is 0.171. The van der Waals surface area contributed by atoms with Crippen molar-refractivity contribution in [2.75, 3.05) is 4.90 Å². The van der Waals surface area contributed by atoms with Gasteiger partial charge >= 0.3 is 0 Å². The summed E-state index contributed by atoms with van der Waals surface area (Å²) in [6.07, 6.45) is 0. The minimum Gasteiger partial charge on any atom is -0.455 e. The number of benzene rings is 11. The monoisotopic (exact) mass is 867 g/mol. The third-order valence-corrected chi connectivity index (χ3v) is 15.3. The normalized spacial score (nSPS) is 14.1. The van der Waals surface area contributed by atoms with Crippen molar-refractivity contribution in [2.24, 2.45) is 0 Å². The van der Waals surface area contributed by atoms with Gasteiger partial charge in [0.2, 0.25) is 0 Å². The maximum atomic E-state index is 7.23. The zero-order chi connectivity index (χ0) is 45.1. The lowest BCUT2D eigenvalue weighted by molar-refractivity contribution is 0.447. The number of hydrogen-bond acceptors (Lipinski definition) is 2. The lowest BCUT2D eigenvalue weighted by Crippen LogP contribution is -2.32. The molecule has 14 rings (SSSR count). The van der Waals surface area contributed by atoms with Crippen LogP contribution in [0.3, 0.4) is 0 Å². The molecule has 0 unspecified atom stereocenters. The molecule has 1 aliphatic heterocycles. The van der Waals surface area contributed by atoms with E-state index in [0.29, 0.717) is 0 Å². The van der Waals surface area contributed by atoms with Gasteiger partial charge in [0.05, 0.1) is 5.41 Å². The number of para-hydroxylation sites is 1. The molecule has 0 saturated heterocycles. The Hall–Kier alpha value is -8.46. The molecule has 0 fully saturated rings. The summed E-state index contributed by atoms with van der Waals surface area (Å²) >= 11 is 0. The van der Waals surface area contributed by atoms with Crippen LogP contribution in [0.4, 0.5) is 17.1 Å². The van der Waals surface area contributed by atoms with Crippen molar-refractivity contribution >= 4 is 38.6 Å². The second-order valence-corrected chi connectivity index (χ2v) is 19.2. The highest BCUT2D eigenvalue weighted by molar-refractivity contribution is 6.00. The van der Waals surface area contributed by atoms with E-state index in [2.05, 4.69) is 255 Å². The topological polar surface area (TPSA) is 12.5 Å². The fourth-order valence-corrected chi connectivity index (χ4v) is 12.1. The molecule has 1 spiro atoms. The molecule has 11 aromatic carbocycles. The van der Waals surface area contributed by atoms with Gasteiger partial charge in [0, 0.05) is 44.4 Å². The van der Waals surface area contributed by atoms with Gasteiger partial charge in [0.25, 0.3) is 0 Å². The molecule has 68 heavy (non-hydrogen) atoms. The summed E-state index contributed by atoms with van der Waals surface area (Å²) in [6, 6.07) is 87.3. The van der Waals surface area contributed by atoms with E-state index in [-0.39, 0.29) is 5.41 Å². The van der Waals surface area contributed by atoms with Crippen LogP contribution in [-0.4, -0.2) is 0 Å². The number of anilines is 3. The van der Waals surface area contributed by atoms with Crippen molar-refractivity contribution in [3.63, 3.8) is 0 Å². The van der Waals surface area contributed by atoms with Gasteiger partial charge in [-0.1, -0.05) is 202 Å². The predicted octanol–water partition coefficient (Wildman–Crippen LogP) is 17.6. The molecule has 2 nitrogen and oxygen atoms in total. The maximum Gasteiger partial charge on any atom is 0.140 e. The van der Waals surface area contributed by atoms with Crippen molar-refractivity contribution in [2.45, 2.75) is 24.7 Å². The molecule has 2 aliphatic carbocycles. The van der Waals surface area contributed by atoms with E-state index in [4.69, 9.17) is 4.74 Å². The Kier molecular flexibility index (Phi) is 8.28. The van der Waals surface area contributed by atoms with E-state index in [1.807, 2.05) is 0 Å². The molecule has 320 valence electrons. The van der Waals surface area contributed by atoms with Crippen LogP contribution in [0.15, 0.2) is 237 Å². The van der Waals surface area contributed by atoms with Gasteiger partial charge in [-0.3, -0.25) is 0 Å². The van der Waals surface area contributed by atoms with Crippen molar-refractivity contribution in [1.82, 2.24) is 0 Å². The summed E-state index contributed by atoms with van der Waals surface area (Å²) in [7, 11) is 0. The molecular formula is C66H45NO. The van der Waals surface area contributed by atoms with Gasteiger partial charge in [0.15, 0.2) is 0 Å². The van der Waals surface area contributed by atoms with Crippen molar-refractivity contribution in [3.8, 4) is 56.0 Å². The molecule has 0 aromatic heterocycles. The van der Waals surface area contributed by atoms with Crippen LogP contribution < -0.4 is 9.64 Å². The molecule has 0 radical (unpaired) electrons. The van der Waals surface area contributed by atoms with E-state index < -0.39 is 5.41 Å². The maximum absolute atomic E-state index is 7.23. The van der Waals surface area contributed by atoms with Crippen molar-refractivity contribution in [1.29, 1.82) is 0 Å². The highest BCUT2D eigenvalue weighted by atomic mass is 16.5. The number of fused-ring (bicyclic) bond motifs is 16. The van der Waals surface area contributed by atoms with Crippen molar-refractivity contribution < 1.29 is 4.74 Å². The third-order valence-electron chi connectivity index (χ3n) is 15.3. The summed E-state index contributed by atoms with van der Waals surface area (Å²) < 4.78 is 7.23. The summed E-state index contributed by atoms with van der Waals surface area (Å²) in [4.78, 5) is 2.38. The summed E-state index contributed by atoms with van der Waals surface area (Å²) in [5.41, 5.74) is 20.3. The molecule has 0 amide bonds. The van der Waals surface area contributed by atoms with Gasteiger partial charge in [-0.2, -0.15) is 0 Å². The van der Waals surface area contributed by atoms with Crippen LogP contribution in [-0.2, 0) is 10.8 Å². The number of nitrogens with zero attached hydrogens (tertiary/aromatic N) is 1. The van der Waals surface area contributed by atoms with Crippen LogP contribution in [0.1, 0.15) is 47.2 Å². The zero-order valence-electron chi connectivity index (χ0n) is 37.9. The van der Waals surface area contributed by atoms with Gasteiger partial charge in [0.1, 0.15) is 11.5 Å². The van der Waals surface area contributed by atoms with Crippen LogP contribution in [0, 0.1) is 0 Å². The highest BCUT2D eigenvalue weighted by Gasteiger charge is 2.52. The lowest BCUT2D eigenvalue weighted by Gasteiger charge is -2.40. The summed E-state index contributed by atoms with van der Waals surface area (Å²) in [5.74, 6) is 1.86. The summed E-state index contributed by atoms with van der Waals surface area (Å²) in [6.45, 7) is 4.70. The Morgan fingerprint density at radius 2 is 0.794 bits per heavy atom. The first-order valence-electron chi connectivity index (χ1n) is 23.7. The molecule has 0 saturated carbocycles. The first kappa shape index (κ1) is 38.8. The molecule has 11 aromatic rings. The van der Waals surface area contributed by atoms with Gasteiger partial charge in [-0.25, -0.2) is 0 Å². The first-order chi connectivity index (χ1) is 33.5. The van der Waals surface area contributed by atoms with E-state index >= 15 is 0 Å². The molecule has 1 heterocycles. The Labute approximate surface area is 397 Å². The predicted molar refractivity (Wildman–Crippen MR) is 282 cm³/mol. The Bertz CT molecular complexity index is 3780. The second-order valence-electron chi connectivity index (χ2n) is 19.2. The fourth-order valence-electron chi connectivity index (χ4n) is 12.1. The van der Waals surface area contributed by atoms with E-state index in [1.165, 1.54) is 83.1 Å². The molecule has 0 N–H and O–H groups in total. The third kappa shape index (κ3) is 5.46. The van der Waals surface area contributed by atoms with Crippen molar-refractivity contribution in [3.05, 3.63) is 270 Å². The Morgan fingerprint density at radius 1 is 0.309 bits per heavy atom. The Balaban J connectivity index is 0.907. The molecule has 0 bridgehead atoms. The SMILES string of the molecule is CC1(C)c2ccccc2-c2ccc(-c3ccc(N(c4ccccc4)c4cccc(-c5ccc6c(c5)C5(c7ccccc7-6)c6ccc7ccccc7c6Oc6c5ccc5ccccc65)c4)cc3)cc21. The smallest absolute Gasteiger partial charge is 0.140 e. The zero-order valence-corrected chi connectivity index (χ0v) is 37.9. The van der Waals surface area contributed by atoms with Crippen LogP contribution in [0.2, 0.25) is 0 Å². The largest absolute Gasteiger partial charge is 0.455 e. The minimum absolute atomic E-state index is 0.0516. The van der Waals surface area contributed by atoms with Crippen LogP contribution in [0.25, 0.3) is 66.1 Å². The lowest BCUT2D eigenvalue weighted by atomic mass is 9.65. The first-order valence-corrected chi connectivity index (χ1v) is 23.7. The second kappa shape index (κ2) is 14.5. The van der Waals surface area contributed by atoms with Gasteiger partial charge in [-0.05, 0) is 126 Å². The molecule has 0 atom stereocenters. The molecule has 3 aliphatic rings. The molecular weight excluding hydrogens is 823 g/mol. The minimum atomic E-state index is -0.618. The average molecular weight is 868 g/mol. The van der Waals surface area contributed by atoms with Crippen LogP contribution in [0.5, 0.6) is 11.5 Å². The molecule has 2 heteroatoms. The van der Waals surface area contributed by atoms with E-state index in [1.54, 1.807) is 0 Å². The number of hydrogen-bond donors (Lipinski definition) is 0. The van der Waals surface area contributed by atoms with E-state index in [9.17, 15) is 0 Å². The number of rotatable bonds is 5. The Morgan fingerprint density at radius 3 is 1.49 bits per heavy atom. The fraction of sp³-hybridized carbons (Fsp3) is 0.0606. The van der Waals surface area contributed by atoms with Crippen LogP contribution >= 0.6 is 0 Å². The summed E-state index contributed by atoms with van der Waals surface area (Å²) in [5, 5.41) is 4.57. The van der Waals surface area contributed by atoms with Gasteiger partial charge in [-0.15, -0.1) is 0 Å². The van der Waals surface area contributed by atoms with Gasteiger partial charge < -0.3 is 9.64 Å². The van der Waals surface area contributed by atoms with E-state index in [0.717, 1.165) is 44.9 Å². The number of ether oxygens (including phenoxy) is 1. The highest BCUT2D eigenvalue weighted by Crippen LogP contribution is 2.64.